The number of nitrogens with one attached hydrogen (secondary N) is 1. The molecule has 0 aromatic heterocycles. The Morgan fingerprint density at radius 2 is 1.76 bits per heavy atom. The van der Waals surface area contributed by atoms with Gasteiger partial charge in [-0.1, -0.05) is 6.92 Å². The summed E-state index contributed by atoms with van der Waals surface area (Å²) in [5, 5.41) is 11.7. The molecule has 0 saturated heterocycles. The van der Waals surface area contributed by atoms with Crippen molar-refractivity contribution in [1.29, 1.82) is 0 Å². The molecule has 0 bridgehead atoms. The largest absolute Gasteiger partial charge is 0.480 e. The van der Waals surface area contributed by atoms with Crippen molar-refractivity contribution < 1.29 is 24.1 Å². The smallest absolute Gasteiger partial charge is 0.320 e. The van der Waals surface area contributed by atoms with Crippen LogP contribution in [0.25, 0.3) is 0 Å². The molecule has 0 aliphatic rings. The quantitative estimate of drug-likeness (QED) is 0.478. The van der Waals surface area contributed by atoms with Gasteiger partial charge in [-0.2, -0.15) is 0 Å². The van der Waals surface area contributed by atoms with Crippen molar-refractivity contribution in [3.05, 3.63) is 0 Å². The molecule has 0 rings (SSSR count). The Balaban J connectivity index is 3.33. The zero-order valence-electron chi connectivity index (χ0n) is 10.6. The maximum atomic E-state index is 10.8. The summed E-state index contributed by atoms with van der Waals surface area (Å²) in [6.07, 6.45) is 0.460. The number of carbonyl (C=O) groups is 1. The third kappa shape index (κ3) is 10.2. The number of aliphatic carboxylic acids is 1. The number of rotatable bonds is 12. The summed E-state index contributed by atoms with van der Waals surface area (Å²) in [7, 11) is 1.62. The minimum Gasteiger partial charge on any atom is -0.480 e. The lowest BCUT2D eigenvalue weighted by Gasteiger charge is -2.12. The van der Waals surface area contributed by atoms with E-state index in [1.807, 2.05) is 6.92 Å². The van der Waals surface area contributed by atoms with Crippen LogP contribution in [0.1, 0.15) is 13.3 Å². The standard InChI is InChI=1S/C11H23NO5/c1-3-12-10(11(13)14)4-5-16-8-9-17-7-6-15-2/h10,12H,3-9H2,1-2H3,(H,13,14). The Morgan fingerprint density at radius 3 is 2.29 bits per heavy atom. The van der Waals surface area contributed by atoms with E-state index in [0.717, 1.165) is 0 Å². The van der Waals surface area contributed by atoms with Gasteiger partial charge >= 0.3 is 5.97 Å². The van der Waals surface area contributed by atoms with Crippen LogP contribution in [0.3, 0.4) is 0 Å². The molecule has 0 saturated carbocycles. The molecule has 17 heavy (non-hydrogen) atoms. The highest BCUT2D eigenvalue weighted by atomic mass is 16.5. The summed E-state index contributed by atoms with van der Waals surface area (Å²) in [4.78, 5) is 10.8. The minimum absolute atomic E-state index is 0.414. The maximum Gasteiger partial charge on any atom is 0.320 e. The molecule has 0 aliphatic carbocycles. The molecule has 1 atom stereocenters. The van der Waals surface area contributed by atoms with Crippen molar-refractivity contribution in [3.63, 3.8) is 0 Å². The second kappa shape index (κ2) is 11.8. The van der Waals surface area contributed by atoms with Gasteiger partial charge in [-0.05, 0) is 13.0 Å². The van der Waals surface area contributed by atoms with Crippen LogP contribution >= 0.6 is 0 Å². The molecule has 0 amide bonds. The summed E-state index contributed by atoms with van der Waals surface area (Å²) in [5.41, 5.74) is 0. The monoisotopic (exact) mass is 249 g/mol. The second-order valence-electron chi connectivity index (χ2n) is 3.45. The highest BCUT2D eigenvalue weighted by Crippen LogP contribution is 1.93. The van der Waals surface area contributed by atoms with Gasteiger partial charge in [-0.3, -0.25) is 4.79 Å². The van der Waals surface area contributed by atoms with Gasteiger partial charge in [-0.15, -0.1) is 0 Å². The SMILES string of the molecule is CCNC(CCOCCOCCOC)C(=O)O. The summed E-state index contributed by atoms with van der Waals surface area (Å²) in [5.74, 6) is -0.841. The Bertz CT molecular complexity index is 189. The van der Waals surface area contributed by atoms with Crippen molar-refractivity contribution in [2.24, 2.45) is 0 Å². The molecule has 0 aromatic carbocycles. The van der Waals surface area contributed by atoms with Crippen LogP contribution in [0.2, 0.25) is 0 Å². The van der Waals surface area contributed by atoms with E-state index >= 15 is 0 Å². The lowest BCUT2D eigenvalue weighted by atomic mass is 10.2. The van der Waals surface area contributed by atoms with Gasteiger partial charge in [-0.25, -0.2) is 0 Å². The highest BCUT2D eigenvalue weighted by Gasteiger charge is 2.14. The van der Waals surface area contributed by atoms with Crippen LogP contribution < -0.4 is 5.32 Å². The third-order valence-corrected chi connectivity index (χ3v) is 2.10. The number of hydrogen-bond donors (Lipinski definition) is 2. The second-order valence-corrected chi connectivity index (χ2v) is 3.45. The molecule has 1 unspecified atom stereocenters. The molecule has 102 valence electrons. The molecule has 6 nitrogen and oxygen atoms in total. The first-order chi connectivity index (χ1) is 8.22. The zero-order chi connectivity index (χ0) is 12.9. The average Bonchev–Trinajstić information content (AvgIpc) is 2.31. The molecule has 0 radical (unpaired) electrons. The number of carboxylic acid groups (broad SMARTS) is 1. The van der Waals surface area contributed by atoms with Crippen molar-refractivity contribution in [2.45, 2.75) is 19.4 Å². The Hall–Kier alpha value is -0.690. The fourth-order valence-electron chi connectivity index (χ4n) is 1.22. The molecule has 0 heterocycles. The van der Waals surface area contributed by atoms with Crippen LogP contribution in [0, 0.1) is 0 Å². The van der Waals surface area contributed by atoms with Gasteiger partial charge in [0.2, 0.25) is 0 Å². The summed E-state index contributed by atoms with van der Waals surface area (Å²) in [6.45, 7) is 5.02. The van der Waals surface area contributed by atoms with Gasteiger partial charge in [0.05, 0.1) is 26.4 Å². The first-order valence-electron chi connectivity index (χ1n) is 5.83. The van der Waals surface area contributed by atoms with Crippen LogP contribution in [0.4, 0.5) is 0 Å². The Morgan fingerprint density at radius 1 is 1.18 bits per heavy atom. The minimum atomic E-state index is -0.841. The molecule has 2 N–H and O–H groups in total. The summed E-state index contributed by atoms with van der Waals surface area (Å²) in [6, 6.07) is -0.533. The van der Waals surface area contributed by atoms with Crippen molar-refractivity contribution >= 4 is 5.97 Å². The molecule has 0 spiro atoms. The summed E-state index contributed by atoms with van der Waals surface area (Å²) < 4.78 is 15.3. The van der Waals surface area contributed by atoms with Crippen molar-refractivity contribution in [3.8, 4) is 0 Å². The molecule has 0 aliphatic heterocycles. The first kappa shape index (κ1) is 16.3. The topological polar surface area (TPSA) is 77.0 Å². The van der Waals surface area contributed by atoms with Crippen LogP contribution in [0.5, 0.6) is 0 Å². The van der Waals surface area contributed by atoms with E-state index in [0.29, 0.717) is 46.0 Å². The lowest BCUT2D eigenvalue weighted by Crippen LogP contribution is -2.37. The van der Waals surface area contributed by atoms with E-state index in [2.05, 4.69) is 5.32 Å². The van der Waals surface area contributed by atoms with Gasteiger partial charge < -0.3 is 24.6 Å². The van der Waals surface area contributed by atoms with Crippen molar-refractivity contribution in [2.75, 3.05) is 46.7 Å². The van der Waals surface area contributed by atoms with E-state index in [9.17, 15) is 4.79 Å². The molecular formula is C11H23NO5. The fraction of sp³-hybridized carbons (Fsp3) is 0.909. The molecular weight excluding hydrogens is 226 g/mol. The number of hydrogen-bond acceptors (Lipinski definition) is 5. The van der Waals surface area contributed by atoms with Crippen LogP contribution in [-0.4, -0.2) is 63.8 Å². The predicted octanol–water partition coefficient (Wildman–Crippen LogP) is 0.119. The lowest BCUT2D eigenvalue weighted by molar-refractivity contribution is -0.140. The summed E-state index contributed by atoms with van der Waals surface area (Å²) >= 11 is 0. The van der Waals surface area contributed by atoms with Gasteiger partial charge in [0.25, 0.3) is 0 Å². The number of likely N-dealkylation sites (N-methyl/N-ethyl adjacent to an activating group) is 1. The fourth-order valence-corrected chi connectivity index (χ4v) is 1.22. The van der Waals surface area contributed by atoms with E-state index in [1.54, 1.807) is 7.11 Å². The Labute approximate surface area is 102 Å². The van der Waals surface area contributed by atoms with Crippen molar-refractivity contribution in [1.82, 2.24) is 5.32 Å². The normalized spacial score (nSPS) is 12.6. The maximum absolute atomic E-state index is 10.8. The third-order valence-electron chi connectivity index (χ3n) is 2.10. The first-order valence-corrected chi connectivity index (χ1v) is 5.83. The molecule has 0 aromatic rings. The van der Waals surface area contributed by atoms with E-state index < -0.39 is 12.0 Å². The van der Waals surface area contributed by atoms with Crippen LogP contribution in [-0.2, 0) is 19.0 Å². The van der Waals surface area contributed by atoms with Gasteiger partial charge in [0.15, 0.2) is 0 Å². The van der Waals surface area contributed by atoms with Gasteiger partial charge in [0, 0.05) is 13.7 Å². The van der Waals surface area contributed by atoms with E-state index in [4.69, 9.17) is 19.3 Å². The van der Waals surface area contributed by atoms with Gasteiger partial charge in [0.1, 0.15) is 6.04 Å². The van der Waals surface area contributed by atoms with E-state index in [1.165, 1.54) is 0 Å². The Kier molecular flexibility index (Phi) is 11.3. The average molecular weight is 249 g/mol. The number of carboxylic acids is 1. The van der Waals surface area contributed by atoms with E-state index in [-0.39, 0.29) is 0 Å². The predicted molar refractivity (Wildman–Crippen MR) is 63.2 cm³/mol. The molecule has 6 heteroatoms. The number of methoxy groups -OCH3 is 1. The molecule has 0 fully saturated rings. The zero-order valence-corrected chi connectivity index (χ0v) is 10.6. The number of ether oxygens (including phenoxy) is 3. The van der Waals surface area contributed by atoms with Crippen LogP contribution in [0.15, 0.2) is 0 Å². The highest BCUT2D eigenvalue weighted by molar-refractivity contribution is 5.73.